The molecular formula is C20H16N4O3S. The zero-order valence-electron chi connectivity index (χ0n) is 15.0. The second-order valence-electron chi connectivity index (χ2n) is 6.02. The Labute approximate surface area is 164 Å². The van der Waals surface area contributed by atoms with Gasteiger partial charge < -0.3 is 4.74 Å². The maximum atomic E-state index is 12.5. The van der Waals surface area contributed by atoms with Gasteiger partial charge in [-0.1, -0.05) is 42.5 Å². The SMILES string of the molecule is CCC(OC(=O)c1cnc2ccccc2n1)C(=O)Nc1nc2ccccc2s1. The molecular weight excluding hydrogens is 376 g/mol. The van der Waals surface area contributed by atoms with E-state index in [9.17, 15) is 9.59 Å². The Hall–Kier alpha value is -3.39. The fourth-order valence-electron chi connectivity index (χ4n) is 2.68. The van der Waals surface area contributed by atoms with Gasteiger partial charge in [-0.2, -0.15) is 0 Å². The number of hydrogen-bond acceptors (Lipinski definition) is 7. The summed E-state index contributed by atoms with van der Waals surface area (Å²) in [6.07, 6.45) is 0.722. The van der Waals surface area contributed by atoms with Gasteiger partial charge in [-0.25, -0.2) is 14.8 Å². The molecule has 4 aromatic rings. The summed E-state index contributed by atoms with van der Waals surface area (Å²) in [6.45, 7) is 1.77. The van der Waals surface area contributed by atoms with Gasteiger partial charge in [-0.3, -0.25) is 15.1 Å². The zero-order chi connectivity index (χ0) is 19.5. The summed E-state index contributed by atoms with van der Waals surface area (Å²) in [5.74, 6) is -1.12. The molecule has 0 spiro atoms. The number of nitrogens with one attached hydrogen (secondary N) is 1. The van der Waals surface area contributed by atoms with Crippen molar-refractivity contribution in [3.05, 3.63) is 60.4 Å². The lowest BCUT2D eigenvalue weighted by Gasteiger charge is -2.14. The molecule has 0 bridgehead atoms. The van der Waals surface area contributed by atoms with Crippen LogP contribution in [0.2, 0.25) is 0 Å². The number of para-hydroxylation sites is 3. The number of esters is 1. The van der Waals surface area contributed by atoms with E-state index >= 15 is 0 Å². The minimum absolute atomic E-state index is 0.0601. The van der Waals surface area contributed by atoms with Crippen molar-refractivity contribution >= 4 is 49.6 Å². The fraction of sp³-hybridized carbons (Fsp3) is 0.150. The normalized spacial score (nSPS) is 12.0. The highest BCUT2D eigenvalue weighted by molar-refractivity contribution is 7.22. The lowest BCUT2D eigenvalue weighted by Crippen LogP contribution is -2.32. The molecule has 1 atom stereocenters. The molecule has 7 nitrogen and oxygen atoms in total. The van der Waals surface area contributed by atoms with Gasteiger partial charge >= 0.3 is 5.97 Å². The van der Waals surface area contributed by atoms with Crippen molar-refractivity contribution in [2.45, 2.75) is 19.4 Å². The molecule has 4 rings (SSSR count). The smallest absolute Gasteiger partial charge is 0.359 e. The molecule has 2 aromatic carbocycles. The highest BCUT2D eigenvalue weighted by Crippen LogP contribution is 2.25. The van der Waals surface area contributed by atoms with Gasteiger partial charge in [0.2, 0.25) is 0 Å². The third-order valence-corrected chi connectivity index (χ3v) is 5.05. The predicted molar refractivity (Wildman–Crippen MR) is 107 cm³/mol. The molecule has 2 aromatic heterocycles. The van der Waals surface area contributed by atoms with E-state index in [0.29, 0.717) is 22.6 Å². The number of carbonyl (C=O) groups excluding carboxylic acids is 2. The van der Waals surface area contributed by atoms with Crippen LogP contribution in [-0.2, 0) is 9.53 Å². The molecule has 1 N–H and O–H groups in total. The zero-order valence-corrected chi connectivity index (χ0v) is 15.8. The first-order chi connectivity index (χ1) is 13.6. The van der Waals surface area contributed by atoms with Crippen molar-refractivity contribution in [2.24, 2.45) is 0 Å². The van der Waals surface area contributed by atoms with Crippen LogP contribution in [0.3, 0.4) is 0 Å². The van der Waals surface area contributed by atoms with Crippen molar-refractivity contribution in [3.63, 3.8) is 0 Å². The number of hydrogen-bond donors (Lipinski definition) is 1. The standard InChI is InChI=1S/C20H16N4O3S/c1-2-16(18(25)24-20-23-14-9-5-6-10-17(14)28-20)27-19(26)15-11-21-12-7-3-4-8-13(12)22-15/h3-11,16H,2H2,1H3,(H,23,24,25). The summed E-state index contributed by atoms with van der Waals surface area (Å²) >= 11 is 1.36. The van der Waals surface area contributed by atoms with E-state index in [1.165, 1.54) is 17.5 Å². The summed E-state index contributed by atoms with van der Waals surface area (Å²) in [7, 11) is 0. The van der Waals surface area contributed by atoms with Crippen LogP contribution in [0, 0.1) is 0 Å². The quantitative estimate of drug-likeness (QED) is 0.519. The second kappa shape index (κ2) is 7.69. The van der Waals surface area contributed by atoms with Gasteiger partial charge in [-0.05, 0) is 30.7 Å². The first kappa shape index (κ1) is 18.0. The van der Waals surface area contributed by atoms with Gasteiger partial charge in [0.25, 0.3) is 5.91 Å². The molecule has 0 radical (unpaired) electrons. The third kappa shape index (κ3) is 3.67. The van der Waals surface area contributed by atoms with Crippen LogP contribution in [0.4, 0.5) is 5.13 Å². The molecule has 28 heavy (non-hydrogen) atoms. The molecule has 0 saturated carbocycles. The monoisotopic (exact) mass is 392 g/mol. The van der Waals surface area contributed by atoms with E-state index in [2.05, 4.69) is 20.3 Å². The number of amides is 1. The Kier molecular flexibility index (Phi) is 4.94. The molecule has 0 aliphatic rings. The third-order valence-electron chi connectivity index (χ3n) is 4.09. The predicted octanol–water partition coefficient (Wildman–Crippen LogP) is 3.81. The summed E-state index contributed by atoms with van der Waals surface area (Å²) in [4.78, 5) is 37.8. The minimum Gasteiger partial charge on any atom is -0.447 e. The number of thiazole rings is 1. The van der Waals surface area contributed by atoms with Crippen LogP contribution < -0.4 is 5.32 Å². The summed E-state index contributed by atoms with van der Waals surface area (Å²) in [6, 6.07) is 14.8. The molecule has 2 heterocycles. The Morgan fingerprint density at radius 1 is 1.04 bits per heavy atom. The minimum atomic E-state index is -0.951. The van der Waals surface area contributed by atoms with Crippen LogP contribution in [-0.4, -0.2) is 32.9 Å². The molecule has 0 fully saturated rings. The molecule has 140 valence electrons. The van der Waals surface area contributed by atoms with Crippen LogP contribution in [0.5, 0.6) is 0 Å². The maximum Gasteiger partial charge on any atom is 0.359 e. The van der Waals surface area contributed by atoms with Gasteiger partial charge in [0, 0.05) is 0 Å². The van der Waals surface area contributed by atoms with Crippen LogP contribution >= 0.6 is 11.3 Å². The average Bonchev–Trinajstić information content (AvgIpc) is 3.13. The van der Waals surface area contributed by atoms with E-state index in [-0.39, 0.29) is 5.69 Å². The molecule has 8 heteroatoms. The summed E-state index contributed by atoms with van der Waals surface area (Å²) in [5, 5.41) is 3.19. The Morgan fingerprint density at radius 2 is 1.75 bits per heavy atom. The van der Waals surface area contributed by atoms with E-state index in [1.54, 1.807) is 19.1 Å². The van der Waals surface area contributed by atoms with E-state index in [4.69, 9.17) is 4.74 Å². The molecule has 0 aliphatic carbocycles. The Bertz CT molecular complexity index is 1140. The highest BCUT2D eigenvalue weighted by atomic mass is 32.1. The van der Waals surface area contributed by atoms with Gasteiger partial charge in [-0.15, -0.1) is 0 Å². The largest absolute Gasteiger partial charge is 0.447 e. The van der Waals surface area contributed by atoms with Crippen LogP contribution in [0.15, 0.2) is 54.7 Å². The van der Waals surface area contributed by atoms with Crippen LogP contribution in [0.25, 0.3) is 21.3 Å². The summed E-state index contributed by atoms with van der Waals surface area (Å²) < 4.78 is 6.33. The van der Waals surface area contributed by atoms with Crippen LogP contribution in [0.1, 0.15) is 23.8 Å². The molecule has 0 saturated heterocycles. The number of ether oxygens (including phenoxy) is 1. The van der Waals surface area contributed by atoms with Crippen molar-refractivity contribution in [1.29, 1.82) is 0 Å². The van der Waals surface area contributed by atoms with Crippen molar-refractivity contribution in [2.75, 3.05) is 5.32 Å². The molecule has 1 unspecified atom stereocenters. The number of anilines is 1. The fourth-order valence-corrected chi connectivity index (χ4v) is 3.55. The van der Waals surface area contributed by atoms with Gasteiger partial charge in [0.1, 0.15) is 0 Å². The lowest BCUT2D eigenvalue weighted by molar-refractivity contribution is -0.124. The average molecular weight is 392 g/mol. The van der Waals surface area contributed by atoms with Crippen molar-refractivity contribution in [1.82, 2.24) is 15.0 Å². The Balaban J connectivity index is 1.47. The van der Waals surface area contributed by atoms with Gasteiger partial charge in [0.15, 0.2) is 16.9 Å². The topological polar surface area (TPSA) is 94.1 Å². The number of fused-ring (bicyclic) bond motifs is 2. The number of aromatic nitrogens is 3. The highest BCUT2D eigenvalue weighted by Gasteiger charge is 2.24. The van der Waals surface area contributed by atoms with E-state index in [1.807, 2.05) is 36.4 Å². The van der Waals surface area contributed by atoms with Crippen molar-refractivity contribution in [3.8, 4) is 0 Å². The first-order valence-corrected chi connectivity index (χ1v) is 9.55. The molecule has 1 amide bonds. The number of nitrogens with zero attached hydrogens (tertiary/aromatic N) is 3. The maximum absolute atomic E-state index is 12.5. The van der Waals surface area contributed by atoms with Gasteiger partial charge in [0.05, 0.1) is 27.4 Å². The Morgan fingerprint density at radius 3 is 2.50 bits per heavy atom. The second-order valence-corrected chi connectivity index (χ2v) is 7.05. The number of benzene rings is 2. The first-order valence-electron chi connectivity index (χ1n) is 8.73. The number of carbonyl (C=O) groups is 2. The lowest BCUT2D eigenvalue weighted by atomic mass is 10.2. The van der Waals surface area contributed by atoms with E-state index < -0.39 is 18.0 Å². The van der Waals surface area contributed by atoms with Crippen molar-refractivity contribution < 1.29 is 14.3 Å². The summed E-state index contributed by atoms with van der Waals surface area (Å²) in [5.41, 5.74) is 2.13. The van der Waals surface area contributed by atoms with E-state index in [0.717, 1.165) is 10.2 Å². The number of rotatable bonds is 5. The molecule has 0 aliphatic heterocycles.